The Morgan fingerprint density at radius 2 is 1.77 bits per heavy atom. The number of ether oxygens (including phenoxy) is 2. The minimum Gasteiger partial charge on any atom is -0.454 e. The molecule has 8 heteroatoms. The molecule has 1 aliphatic rings. The number of halogens is 1. The molecule has 2 amide bonds. The van der Waals surface area contributed by atoms with E-state index in [0.29, 0.717) is 27.9 Å². The quantitative estimate of drug-likeness (QED) is 0.784. The Hall–Kier alpha value is -2.38. The Morgan fingerprint density at radius 3 is 2.54 bits per heavy atom. The van der Waals surface area contributed by atoms with Gasteiger partial charge in [0.1, 0.15) is 0 Å². The van der Waals surface area contributed by atoms with Gasteiger partial charge in [0.15, 0.2) is 11.5 Å². The SMILES string of the molecule is Cc1cc(Cl)ccc1NC(=O)CSCC(=O)Nc1ccc2c(c1)OCO2. The smallest absolute Gasteiger partial charge is 0.234 e. The summed E-state index contributed by atoms with van der Waals surface area (Å²) in [4.78, 5) is 24.0. The van der Waals surface area contributed by atoms with Crippen molar-refractivity contribution in [1.82, 2.24) is 0 Å². The van der Waals surface area contributed by atoms with Crippen LogP contribution in [0.1, 0.15) is 5.56 Å². The van der Waals surface area contributed by atoms with Crippen LogP contribution in [0.3, 0.4) is 0 Å². The molecule has 2 N–H and O–H groups in total. The lowest BCUT2D eigenvalue weighted by molar-refractivity contribution is -0.114. The molecule has 0 atom stereocenters. The van der Waals surface area contributed by atoms with Crippen molar-refractivity contribution in [1.29, 1.82) is 0 Å². The second kappa shape index (κ2) is 8.33. The summed E-state index contributed by atoms with van der Waals surface area (Å²) in [5.41, 5.74) is 2.22. The van der Waals surface area contributed by atoms with E-state index in [0.717, 1.165) is 5.56 Å². The van der Waals surface area contributed by atoms with E-state index in [2.05, 4.69) is 10.6 Å². The molecule has 0 saturated carbocycles. The highest BCUT2D eigenvalue weighted by atomic mass is 35.5. The van der Waals surface area contributed by atoms with Crippen LogP contribution in [0.25, 0.3) is 0 Å². The number of anilines is 2. The van der Waals surface area contributed by atoms with E-state index in [4.69, 9.17) is 21.1 Å². The molecule has 0 saturated heterocycles. The summed E-state index contributed by atoms with van der Waals surface area (Å²) >= 11 is 7.13. The highest BCUT2D eigenvalue weighted by Crippen LogP contribution is 2.34. The maximum Gasteiger partial charge on any atom is 0.234 e. The van der Waals surface area contributed by atoms with E-state index in [1.165, 1.54) is 11.8 Å². The molecule has 2 aromatic rings. The molecule has 136 valence electrons. The predicted molar refractivity (Wildman–Crippen MR) is 103 cm³/mol. The molecule has 0 unspecified atom stereocenters. The molecule has 0 spiro atoms. The third-order valence-electron chi connectivity index (χ3n) is 3.59. The summed E-state index contributed by atoms with van der Waals surface area (Å²) in [5, 5.41) is 6.20. The molecule has 0 aliphatic carbocycles. The van der Waals surface area contributed by atoms with Gasteiger partial charge >= 0.3 is 0 Å². The monoisotopic (exact) mass is 392 g/mol. The number of amides is 2. The van der Waals surface area contributed by atoms with Crippen LogP contribution in [-0.4, -0.2) is 30.1 Å². The van der Waals surface area contributed by atoms with Crippen LogP contribution in [0.15, 0.2) is 36.4 Å². The molecule has 2 aromatic carbocycles. The van der Waals surface area contributed by atoms with Crippen LogP contribution in [0, 0.1) is 6.92 Å². The molecule has 0 radical (unpaired) electrons. The van der Waals surface area contributed by atoms with Crippen molar-refractivity contribution in [3.8, 4) is 11.5 Å². The number of fused-ring (bicyclic) bond motifs is 1. The average molecular weight is 393 g/mol. The fraction of sp³-hybridized carbons (Fsp3) is 0.222. The van der Waals surface area contributed by atoms with E-state index in [1.807, 2.05) is 6.92 Å². The maximum atomic E-state index is 12.0. The topological polar surface area (TPSA) is 76.7 Å². The maximum absolute atomic E-state index is 12.0. The van der Waals surface area contributed by atoms with Crippen LogP contribution >= 0.6 is 23.4 Å². The molecule has 6 nitrogen and oxygen atoms in total. The standard InChI is InChI=1S/C18H17ClN2O4S/c1-11-6-12(19)2-4-14(11)21-18(23)9-26-8-17(22)20-13-3-5-15-16(7-13)25-10-24-15/h2-7H,8-10H2,1H3,(H,20,22)(H,21,23). The Kier molecular flexibility index (Phi) is 5.90. The first-order valence-corrected chi connectivity index (χ1v) is 9.38. The van der Waals surface area contributed by atoms with Crippen molar-refractivity contribution in [3.05, 3.63) is 47.0 Å². The van der Waals surface area contributed by atoms with Crippen molar-refractivity contribution >= 4 is 46.6 Å². The summed E-state index contributed by atoms with van der Waals surface area (Å²) in [6, 6.07) is 10.5. The van der Waals surface area contributed by atoms with Crippen molar-refractivity contribution in [2.75, 3.05) is 28.9 Å². The van der Waals surface area contributed by atoms with E-state index in [1.54, 1.807) is 36.4 Å². The summed E-state index contributed by atoms with van der Waals surface area (Å²) in [6.45, 7) is 2.05. The Balaban J connectivity index is 1.42. The average Bonchev–Trinajstić information content (AvgIpc) is 3.05. The number of aryl methyl sites for hydroxylation is 1. The molecular weight excluding hydrogens is 376 g/mol. The number of carbonyl (C=O) groups excluding carboxylic acids is 2. The largest absolute Gasteiger partial charge is 0.454 e. The van der Waals surface area contributed by atoms with Gasteiger partial charge in [-0.2, -0.15) is 0 Å². The number of hydrogen-bond acceptors (Lipinski definition) is 5. The predicted octanol–water partition coefficient (Wildman–Crippen LogP) is 3.69. The van der Waals surface area contributed by atoms with Crippen molar-refractivity contribution in [2.45, 2.75) is 6.92 Å². The minimum atomic E-state index is -0.190. The first-order valence-electron chi connectivity index (χ1n) is 7.84. The van der Waals surface area contributed by atoms with Crippen LogP contribution in [0.5, 0.6) is 11.5 Å². The fourth-order valence-electron chi connectivity index (χ4n) is 2.36. The summed E-state index contributed by atoms with van der Waals surface area (Å²) in [5.74, 6) is 1.25. The summed E-state index contributed by atoms with van der Waals surface area (Å²) in [7, 11) is 0. The van der Waals surface area contributed by atoms with Crippen LogP contribution in [0.4, 0.5) is 11.4 Å². The second-order valence-corrected chi connectivity index (χ2v) is 7.04. The van der Waals surface area contributed by atoms with Gasteiger partial charge in [-0.25, -0.2) is 0 Å². The lowest BCUT2D eigenvalue weighted by Gasteiger charge is -2.09. The lowest BCUT2D eigenvalue weighted by Crippen LogP contribution is -2.18. The van der Waals surface area contributed by atoms with Gasteiger partial charge in [0.2, 0.25) is 18.6 Å². The number of rotatable bonds is 6. The molecular formula is C18H17ClN2O4S. The van der Waals surface area contributed by atoms with Gasteiger partial charge in [-0.3, -0.25) is 9.59 Å². The highest BCUT2D eigenvalue weighted by Gasteiger charge is 2.14. The number of carbonyl (C=O) groups is 2. The van der Waals surface area contributed by atoms with E-state index < -0.39 is 0 Å². The summed E-state index contributed by atoms with van der Waals surface area (Å²) < 4.78 is 10.5. The van der Waals surface area contributed by atoms with Crippen molar-refractivity contribution in [3.63, 3.8) is 0 Å². The Morgan fingerprint density at radius 1 is 1.04 bits per heavy atom. The van der Waals surface area contributed by atoms with E-state index >= 15 is 0 Å². The fourth-order valence-corrected chi connectivity index (χ4v) is 3.21. The number of benzene rings is 2. The molecule has 0 aromatic heterocycles. The zero-order valence-corrected chi connectivity index (χ0v) is 15.6. The zero-order chi connectivity index (χ0) is 18.5. The van der Waals surface area contributed by atoms with Gasteiger partial charge < -0.3 is 20.1 Å². The Bertz CT molecular complexity index is 844. The number of nitrogens with one attached hydrogen (secondary N) is 2. The van der Waals surface area contributed by atoms with Crippen LogP contribution in [-0.2, 0) is 9.59 Å². The van der Waals surface area contributed by atoms with Gasteiger partial charge in [0.25, 0.3) is 0 Å². The lowest BCUT2D eigenvalue weighted by atomic mass is 10.2. The first kappa shape index (κ1) is 18.4. The van der Waals surface area contributed by atoms with Crippen molar-refractivity contribution < 1.29 is 19.1 Å². The second-order valence-electron chi connectivity index (χ2n) is 5.62. The van der Waals surface area contributed by atoms with E-state index in [9.17, 15) is 9.59 Å². The van der Waals surface area contributed by atoms with Crippen LogP contribution in [0.2, 0.25) is 5.02 Å². The van der Waals surface area contributed by atoms with Gasteiger partial charge in [0.05, 0.1) is 11.5 Å². The van der Waals surface area contributed by atoms with Gasteiger partial charge in [-0.05, 0) is 42.8 Å². The van der Waals surface area contributed by atoms with Crippen molar-refractivity contribution in [2.24, 2.45) is 0 Å². The van der Waals surface area contributed by atoms with Gasteiger partial charge in [-0.1, -0.05) is 11.6 Å². The number of hydrogen-bond donors (Lipinski definition) is 2. The third-order valence-corrected chi connectivity index (χ3v) is 4.75. The van der Waals surface area contributed by atoms with Gasteiger partial charge in [0, 0.05) is 22.5 Å². The minimum absolute atomic E-state index is 0.168. The molecule has 1 heterocycles. The Labute approximate surface area is 160 Å². The summed E-state index contributed by atoms with van der Waals surface area (Å²) in [6.07, 6.45) is 0. The molecule has 0 fully saturated rings. The molecule has 26 heavy (non-hydrogen) atoms. The molecule has 0 bridgehead atoms. The van der Waals surface area contributed by atoms with Crippen LogP contribution < -0.4 is 20.1 Å². The van der Waals surface area contributed by atoms with E-state index in [-0.39, 0.29) is 30.1 Å². The zero-order valence-electron chi connectivity index (χ0n) is 14.0. The molecule has 3 rings (SSSR count). The highest BCUT2D eigenvalue weighted by molar-refractivity contribution is 8.00. The number of thioether (sulfide) groups is 1. The first-order chi connectivity index (χ1) is 12.5. The third kappa shape index (κ3) is 4.83. The van der Waals surface area contributed by atoms with Gasteiger partial charge in [-0.15, -0.1) is 11.8 Å². The molecule has 1 aliphatic heterocycles. The normalized spacial score (nSPS) is 11.9.